The lowest BCUT2D eigenvalue weighted by atomic mass is 9.84. The summed E-state index contributed by atoms with van der Waals surface area (Å²) in [7, 11) is 1.74. The molecule has 0 aromatic carbocycles. The Labute approximate surface area is 112 Å². The highest BCUT2D eigenvalue weighted by molar-refractivity contribution is 5.94. The number of carbonyl (C=O) groups is 1. The number of pyridine rings is 1. The Morgan fingerprint density at radius 2 is 2.21 bits per heavy atom. The van der Waals surface area contributed by atoms with Crippen LogP contribution in [0.15, 0.2) is 24.5 Å². The van der Waals surface area contributed by atoms with Crippen LogP contribution in [0, 0.1) is 0 Å². The molecule has 1 aromatic heterocycles. The maximum absolute atomic E-state index is 12.2. The Morgan fingerprint density at radius 3 is 2.89 bits per heavy atom. The molecule has 5 heteroatoms. The van der Waals surface area contributed by atoms with E-state index in [1.165, 1.54) is 0 Å². The van der Waals surface area contributed by atoms with Crippen LogP contribution in [0.5, 0.6) is 0 Å². The van der Waals surface area contributed by atoms with Crippen molar-refractivity contribution in [2.24, 2.45) is 0 Å². The molecule has 3 heterocycles. The fourth-order valence-corrected chi connectivity index (χ4v) is 2.87. The first-order valence-electron chi connectivity index (χ1n) is 6.58. The predicted molar refractivity (Wildman–Crippen MR) is 68.9 cm³/mol. The molecule has 1 atom stereocenters. The van der Waals surface area contributed by atoms with Gasteiger partial charge in [0.05, 0.1) is 19.2 Å². The summed E-state index contributed by atoms with van der Waals surface area (Å²) in [5.41, 5.74) is 0.505. The molecule has 19 heavy (non-hydrogen) atoms. The van der Waals surface area contributed by atoms with Crippen LogP contribution in [0.3, 0.4) is 0 Å². The lowest BCUT2D eigenvalue weighted by Crippen LogP contribution is -2.67. The van der Waals surface area contributed by atoms with Gasteiger partial charge in [-0.2, -0.15) is 0 Å². The number of methoxy groups -OCH3 is 1. The van der Waals surface area contributed by atoms with E-state index in [9.17, 15) is 4.79 Å². The van der Waals surface area contributed by atoms with E-state index in [2.05, 4.69) is 4.98 Å². The Kier molecular flexibility index (Phi) is 3.24. The Balaban J connectivity index is 1.62. The third-order valence-corrected chi connectivity index (χ3v) is 3.95. The van der Waals surface area contributed by atoms with Gasteiger partial charge in [0.2, 0.25) is 0 Å². The minimum atomic E-state index is -0.179. The van der Waals surface area contributed by atoms with Crippen molar-refractivity contribution in [2.75, 3.05) is 26.8 Å². The Morgan fingerprint density at radius 1 is 1.47 bits per heavy atom. The lowest BCUT2D eigenvalue weighted by Gasteiger charge is -2.52. The second kappa shape index (κ2) is 4.90. The quantitative estimate of drug-likeness (QED) is 0.801. The zero-order valence-corrected chi connectivity index (χ0v) is 11.0. The highest BCUT2D eigenvalue weighted by atomic mass is 16.5. The number of rotatable bonds is 2. The van der Waals surface area contributed by atoms with E-state index >= 15 is 0 Å². The third-order valence-electron chi connectivity index (χ3n) is 3.95. The number of nitrogens with zero attached hydrogens (tertiary/aromatic N) is 2. The zero-order chi connectivity index (χ0) is 13.3. The molecule has 3 rings (SSSR count). The minimum absolute atomic E-state index is 0.0520. The molecule has 2 aliphatic heterocycles. The normalized spacial score (nSPS) is 25.1. The highest BCUT2D eigenvalue weighted by Crippen LogP contribution is 2.35. The van der Waals surface area contributed by atoms with Gasteiger partial charge in [0.25, 0.3) is 5.91 Å². The SMILES string of the molecule is CO[C@H]1CCOC2(C1)CN(C(=O)c1ccncc1)C2. The van der Waals surface area contributed by atoms with Crippen LogP contribution in [-0.2, 0) is 9.47 Å². The number of carbonyl (C=O) groups excluding carboxylic acids is 1. The summed E-state index contributed by atoms with van der Waals surface area (Å²) in [6.07, 6.45) is 5.36. The molecule has 2 saturated heterocycles. The van der Waals surface area contributed by atoms with Gasteiger partial charge in [-0.25, -0.2) is 0 Å². The molecule has 5 nitrogen and oxygen atoms in total. The van der Waals surface area contributed by atoms with Crippen molar-refractivity contribution in [1.82, 2.24) is 9.88 Å². The molecule has 1 amide bonds. The Hall–Kier alpha value is -1.46. The molecule has 1 spiro atoms. The number of hydrogen-bond donors (Lipinski definition) is 0. The molecular formula is C14H18N2O3. The van der Waals surface area contributed by atoms with Gasteiger partial charge in [0.15, 0.2) is 0 Å². The van der Waals surface area contributed by atoms with Gasteiger partial charge in [-0.05, 0) is 18.6 Å². The number of amides is 1. The van der Waals surface area contributed by atoms with Gasteiger partial charge in [-0.3, -0.25) is 9.78 Å². The molecule has 0 radical (unpaired) electrons. The molecule has 0 bridgehead atoms. The topological polar surface area (TPSA) is 51.7 Å². The Bertz CT molecular complexity index is 457. The second-order valence-corrected chi connectivity index (χ2v) is 5.28. The van der Waals surface area contributed by atoms with Crippen LogP contribution in [0.25, 0.3) is 0 Å². The second-order valence-electron chi connectivity index (χ2n) is 5.28. The molecule has 1 aromatic rings. The van der Waals surface area contributed by atoms with Crippen molar-refractivity contribution >= 4 is 5.91 Å². The van der Waals surface area contributed by atoms with Crippen molar-refractivity contribution in [3.8, 4) is 0 Å². The first-order chi connectivity index (χ1) is 9.22. The van der Waals surface area contributed by atoms with Crippen LogP contribution < -0.4 is 0 Å². The van der Waals surface area contributed by atoms with Crippen LogP contribution in [0.1, 0.15) is 23.2 Å². The van der Waals surface area contributed by atoms with E-state index in [4.69, 9.17) is 9.47 Å². The lowest BCUT2D eigenvalue weighted by molar-refractivity contribution is -0.181. The fraction of sp³-hybridized carbons (Fsp3) is 0.571. The average Bonchev–Trinajstić information content (AvgIpc) is 2.45. The van der Waals surface area contributed by atoms with E-state index in [1.54, 1.807) is 31.6 Å². The summed E-state index contributed by atoms with van der Waals surface area (Å²) in [4.78, 5) is 18.0. The largest absolute Gasteiger partial charge is 0.381 e. The summed E-state index contributed by atoms with van der Waals surface area (Å²) in [6.45, 7) is 2.04. The standard InChI is InChI=1S/C14H18N2O3/c1-18-12-4-7-19-14(8-12)9-16(10-14)13(17)11-2-5-15-6-3-11/h2-3,5-6,12H,4,7-10H2,1H3/t12-/m0/s1. The highest BCUT2D eigenvalue weighted by Gasteiger charge is 2.49. The average molecular weight is 262 g/mol. The number of aromatic nitrogens is 1. The van der Waals surface area contributed by atoms with E-state index < -0.39 is 0 Å². The van der Waals surface area contributed by atoms with E-state index in [0.29, 0.717) is 18.7 Å². The van der Waals surface area contributed by atoms with E-state index in [0.717, 1.165) is 19.4 Å². The van der Waals surface area contributed by atoms with Gasteiger partial charge in [-0.1, -0.05) is 0 Å². The number of likely N-dealkylation sites (tertiary alicyclic amines) is 1. The first-order valence-corrected chi connectivity index (χ1v) is 6.58. The molecule has 0 unspecified atom stereocenters. The number of ether oxygens (including phenoxy) is 2. The van der Waals surface area contributed by atoms with Crippen molar-refractivity contribution in [1.29, 1.82) is 0 Å². The van der Waals surface area contributed by atoms with E-state index in [1.807, 2.05) is 4.90 Å². The van der Waals surface area contributed by atoms with Crippen molar-refractivity contribution in [3.63, 3.8) is 0 Å². The van der Waals surface area contributed by atoms with E-state index in [-0.39, 0.29) is 17.6 Å². The molecule has 2 aliphatic rings. The van der Waals surface area contributed by atoms with Gasteiger partial charge < -0.3 is 14.4 Å². The maximum Gasteiger partial charge on any atom is 0.254 e. The van der Waals surface area contributed by atoms with Gasteiger partial charge in [0.1, 0.15) is 5.60 Å². The minimum Gasteiger partial charge on any atom is -0.381 e. The number of hydrogen-bond acceptors (Lipinski definition) is 4. The summed E-state index contributed by atoms with van der Waals surface area (Å²) in [5, 5.41) is 0. The van der Waals surface area contributed by atoms with Gasteiger partial charge in [0, 0.05) is 38.1 Å². The van der Waals surface area contributed by atoms with Crippen molar-refractivity contribution in [3.05, 3.63) is 30.1 Å². The van der Waals surface area contributed by atoms with Gasteiger partial charge in [-0.15, -0.1) is 0 Å². The van der Waals surface area contributed by atoms with Crippen LogP contribution >= 0.6 is 0 Å². The summed E-state index contributed by atoms with van der Waals surface area (Å²) >= 11 is 0. The van der Waals surface area contributed by atoms with Crippen LogP contribution in [0.4, 0.5) is 0 Å². The fourth-order valence-electron chi connectivity index (χ4n) is 2.87. The molecule has 0 saturated carbocycles. The zero-order valence-electron chi connectivity index (χ0n) is 11.0. The van der Waals surface area contributed by atoms with Crippen molar-refractivity contribution in [2.45, 2.75) is 24.5 Å². The van der Waals surface area contributed by atoms with Crippen LogP contribution in [0.2, 0.25) is 0 Å². The van der Waals surface area contributed by atoms with Crippen molar-refractivity contribution < 1.29 is 14.3 Å². The summed E-state index contributed by atoms with van der Waals surface area (Å²) in [5.74, 6) is 0.0520. The molecule has 2 fully saturated rings. The first kappa shape index (κ1) is 12.6. The summed E-state index contributed by atoms with van der Waals surface area (Å²) < 4.78 is 11.3. The third kappa shape index (κ3) is 2.35. The monoisotopic (exact) mass is 262 g/mol. The molecule has 0 aliphatic carbocycles. The summed E-state index contributed by atoms with van der Waals surface area (Å²) in [6, 6.07) is 3.49. The van der Waals surface area contributed by atoms with Gasteiger partial charge >= 0.3 is 0 Å². The van der Waals surface area contributed by atoms with Crippen LogP contribution in [-0.4, -0.2) is 54.3 Å². The molecule has 0 N–H and O–H groups in total. The molecular weight excluding hydrogens is 244 g/mol. The predicted octanol–water partition coefficient (Wildman–Crippen LogP) is 1.10. The molecule has 102 valence electrons. The smallest absolute Gasteiger partial charge is 0.254 e. The maximum atomic E-state index is 12.2.